The third-order valence-electron chi connectivity index (χ3n) is 4.05. The molecule has 1 N–H and O–H groups in total. The summed E-state index contributed by atoms with van der Waals surface area (Å²) in [5, 5.41) is 3.68. The van der Waals surface area contributed by atoms with Crippen LogP contribution in [0.4, 0.5) is 0 Å². The van der Waals surface area contributed by atoms with Gasteiger partial charge in [-0.2, -0.15) is 11.8 Å². The Bertz CT molecular complexity index is 458. The molecule has 0 aromatic heterocycles. The van der Waals surface area contributed by atoms with Gasteiger partial charge in [-0.3, -0.25) is 0 Å². The summed E-state index contributed by atoms with van der Waals surface area (Å²) in [5.41, 5.74) is 1.34. The molecule has 2 rings (SSSR count). The van der Waals surface area contributed by atoms with E-state index in [1.807, 2.05) is 6.07 Å². The minimum Gasteiger partial charge on any atom is -0.496 e. The van der Waals surface area contributed by atoms with E-state index in [9.17, 15) is 0 Å². The number of thioether (sulfide) groups is 1. The molecule has 0 radical (unpaired) electrons. The Morgan fingerprint density at radius 2 is 2.33 bits per heavy atom. The van der Waals surface area contributed by atoms with E-state index in [1.54, 1.807) is 7.11 Å². The number of likely N-dealkylation sites (N-methyl/N-ethyl adjacent to an activating group) is 2. The number of nitrogens with one attached hydrogen (secondary N) is 1. The van der Waals surface area contributed by atoms with Crippen molar-refractivity contribution in [2.24, 2.45) is 0 Å². The Labute approximate surface area is 140 Å². The molecule has 3 nitrogen and oxygen atoms in total. The Hall–Kier alpha value is -0.230. The van der Waals surface area contributed by atoms with Crippen LogP contribution >= 0.6 is 27.7 Å². The van der Waals surface area contributed by atoms with E-state index in [-0.39, 0.29) is 0 Å². The predicted octanol–water partition coefficient (Wildman–Crippen LogP) is 3.03. The number of benzene rings is 1. The van der Waals surface area contributed by atoms with Crippen molar-refractivity contribution in [1.29, 1.82) is 0 Å². The fourth-order valence-electron chi connectivity index (χ4n) is 2.83. The number of hydrogen-bond donors (Lipinski definition) is 1. The quantitative estimate of drug-likeness (QED) is 0.829. The number of rotatable bonds is 6. The SMILES string of the molecule is CCNC(Cc1ccc(OC)c(Br)c1)C1CSCCN1C. The van der Waals surface area contributed by atoms with E-state index in [2.05, 4.69) is 64.0 Å². The van der Waals surface area contributed by atoms with Crippen molar-refractivity contribution >= 4 is 27.7 Å². The van der Waals surface area contributed by atoms with Crippen LogP contribution in [0.2, 0.25) is 0 Å². The van der Waals surface area contributed by atoms with Gasteiger partial charge in [-0.15, -0.1) is 0 Å². The molecule has 0 bridgehead atoms. The molecule has 0 amide bonds. The van der Waals surface area contributed by atoms with Gasteiger partial charge in [0.15, 0.2) is 0 Å². The largest absolute Gasteiger partial charge is 0.496 e. The van der Waals surface area contributed by atoms with Crippen molar-refractivity contribution in [3.8, 4) is 5.75 Å². The van der Waals surface area contributed by atoms with Crippen molar-refractivity contribution in [3.05, 3.63) is 28.2 Å². The first-order chi connectivity index (χ1) is 10.2. The maximum absolute atomic E-state index is 5.31. The van der Waals surface area contributed by atoms with Crippen LogP contribution in [0.3, 0.4) is 0 Å². The molecule has 1 aromatic carbocycles. The molecule has 1 aliphatic rings. The highest BCUT2D eigenvalue weighted by Crippen LogP contribution is 2.27. The van der Waals surface area contributed by atoms with Gasteiger partial charge < -0.3 is 15.0 Å². The molecule has 0 spiro atoms. The molecule has 2 atom stereocenters. The zero-order valence-corrected chi connectivity index (χ0v) is 15.5. The minimum atomic E-state index is 0.494. The molecular weight excluding hydrogens is 348 g/mol. The van der Waals surface area contributed by atoms with Crippen LogP contribution in [0.25, 0.3) is 0 Å². The average molecular weight is 373 g/mol. The maximum atomic E-state index is 5.31. The molecule has 2 unspecified atom stereocenters. The summed E-state index contributed by atoms with van der Waals surface area (Å²) >= 11 is 5.65. The topological polar surface area (TPSA) is 24.5 Å². The Morgan fingerprint density at radius 1 is 1.52 bits per heavy atom. The third-order valence-corrected chi connectivity index (χ3v) is 5.71. The van der Waals surface area contributed by atoms with Gasteiger partial charge in [-0.25, -0.2) is 0 Å². The van der Waals surface area contributed by atoms with E-state index in [4.69, 9.17) is 4.74 Å². The lowest BCUT2D eigenvalue weighted by Gasteiger charge is -2.38. The lowest BCUT2D eigenvalue weighted by Crippen LogP contribution is -2.53. The second kappa shape index (κ2) is 8.42. The summed E-state index contributed by atoms with van der Waals surface area (Å²) in [6.07, 6.45) is 1.05. The molecule has 5 heteroatoms. The van der Waals surface area contributed by atoms with Gasteiger partial charge in [0.05, 0.1) is 11.6 Å². The first-order valence-corrected chi connectivity index (χ1v) is 9.44. The average Bonchev–Trinajstić information content (AvgIpc) is 2.47. The number of hydrogen-bond acceptors (Lipinski definition) is 4. The van der Waals surface area contributed by atoms with Gasteiger partial charge in [0, 0.05) is 30.1 Å². The highest BCUT2D eigenvalue weighted by Gasteiger charge is 2.27. The molecule has 1 heterocycles. The molecule has 1 aliphatic heterocycles. The Kier molecular flexibility index (Phi) is 6.86. The monoisotopic (exact) mass is 372 g/mol. The molecule has 0 aliphatic carbocycles. The summed E-state index contributed by atoms with van der Waals surface area (Å²) in [7, 11) is 3.95. The number of nitrogens with zero attached hydrogens (tertiary/aromatic N) is 1. The van der Waals surface area contributed by atoms with Gasteiger partial charge in [0.2, 0.25) is 0 Å². The normalized spacial score (nSPS) is 21.2. The van der Waals surface area contributed by atoms with Crippen molar-refractivity contribution in [3.63, 3.8) is 0 Å². The van der Waals surface area contributed by atoms with E-state index < -0.39 is 0 Å². The second-order valence-corrected chi connectivity index (χ2v) is 7.46. The molecule has 0 saturated carbocycles. The van der Waals surface area contributed by atoms with Gasteiger partial charge in [0.1, 0.15) is 5.75 Å². The smallest absolute Gasteiger partial charge is 0.133 e. The zero-order chi connectivity index (χ0) is 15.2. The van der Waals surface area contributed by atoms with E-state index >= 15 is 0 Å². The van der Waals surface area contributed by atoms with Crippen molar-refractivity contribution < 1.29 is 4.74 Å². The fourth-order valence-corrected chi connectivity index (χ4v) is 4.73. The number of halogens is 1. The Morgan fingerprint density at radius 3 is 2.95 bits per heavy atom. The molecule has 118 valence electrons. The van der Waals surface area contributed by atoms with Crippen LogP contribution in [-0.2, 0) is 6.42 Å². The van der Waals surface area contributed by atoms with Crippen molar-refractivity contribution in [2.45, 2.75) is 25.4 Å². The highest BCUT2D eigenvalue weighted by molar-refractivity contribution is 9.10. The number of methoxy groups -OCH3 is 1. The molecule has 21 heavy (non-hydrogen) atoms. The first kappa shape index (κ1) is 17.1. The van der Waals surface area contributed by atoms with Gasteiger partial charge in [0.25, 0.3) is 0 Å². The van der Waals surface area contributed by atoms with Gasteiger partial charge in [-0.05, 0) is 53.6 Å². The van der Waals surface area contributed by atoms with Crippen LogP contribution in [0.5, 0.6) is 5.75 Å². The fraction of sp³-hybridized carbons (Fsp3) is 0.625. The van der Waals surface area contributed by atoms with Crippen LogP contribution in [0, 0.1) is 0 Å². The molecular formula is C16H25BrN2OS. The van der Waals surface area contributed by atoms with Gasteiger partial charge in [-0.1, -0.05) is 13.0 Å². The standard InChI is InChI=1S/C16H25BrN2OS/c1-4-18-14(15-11-21-8-7-19(15)2)10-12-5-6-16(20-3)13(17)9-12/h5-6,9,14-15,18H,4,7-8,10-11H2,1-3H3. The summed E-state index contributed by atoms with van der Waals surface area (Å²) in [5.74, 6) is 3.36. The van der Waals surface area contributed by atoms with E-state index in [0.29, 0.717) is 12.1 Å². The van der Waals surface area contributed by atoms with Gasteiger partial charge >= 0.3 is 0 Å². The van der Waals surface area contributed by atoms with Crippen LogP contribution in [0.15, 0.2) is 22.7 Å². The van der Waals surface area contributed by atoms with E-state index in [1.165, 1.54) is 23.6 Å². The number of ether oxygens (including phenoxy) is 1. The summed E-state index contributed by atoms with van der Waals surface area (Å²) in [6, 6.07) is 7.49. The van der Waals surface area contributed by atoms with Crippen LogP contribution in [-0.4, -0.2) is 55.7 Å². The predicted molar refractivity (Wildman–Crippen MR) is 95.6 cm³/mol. The summed E-state index contributed by atoms with van der Waals surface area (Å²) in [6.45, 7) is 4.38. The Balaban J connectivity index is 2.10. The first-order valence-electron chi connectivity index (χ1n) is 7.49. The minimum absolute atomic E-state index is 0.494. The summed E-state index contributed by atoms with van der Waals surface area (Å²) < 4.78 is 6.34. The highest BCUT2D eigenvalue weighted by atomic mass is 79.9. The van der Waals surface area contributed by atoms with Crippen molar-refractivity contribution in [2.75, 3.05) is 38.8 Å². The van der Waals surface area contributed by atoms with Crippen LogP contribution in [0.1, 0.15) is 12.5 Å². The van der Waals surface area contributed by atoms with Crippen molar-refractivity contribution in [1.82, 2.24) is 10.2 Å². The maximum Gasteiger partial charge on any atom is 0.133 e. The molecule has 1 aromatic rings. The zero-order valence-electron chi connectivity index (χ0n) is 13.1. The lowest BCUT2D eigenvalue weighted by molar-refractivity contribution is 0.215. The molecule has 1 fully saturated rings. The van der Waals surface area contributed by atoms with Crippen LogP contribution < -0.4 is 10.1 Å². The summed E-state index contributed by atoms with van der Waals surface area (Å²) in [4.78, 5) is 2.50. The molecule has 1 saturated heterocycles. The van der Waals surface area contributed by atoms with E-state index in [0.717, 1.165) is 23.2 Å². The second-order valence-electron chi connectivity index (χ2n) is 5.46. The third kappa shape index (κ3) is 4.62. The lowest BCUT2D eigenvalue weighted by atomic mass is 9.99.